The van der Waals surface area contributed by atoms with Crippen LogP contribution in [0.2, 0.25) is 5.15 Å². The molecule has 9 nitrogen and oxygen atoms in total. The molecule has 0 spiro atoms. The first kappa shape index (κ1) is 18.5. The van der Waals surface area contributed by atoms with E-state index in [9.17, 15) is 14.4 Å². The summed E-state index contributed by atoms with van der Waals surface area (Å²) in [5.41, 5.74) is 4.34. The number of nitrogens with one attached hydrogen (secondary N) is 2. The molecule has 0 fully saturated rings. The molecule has 2 N–H and O–H groups in total. The number of hydrazine groups is 1. The normalized spacial score (nSPS) is 14.8. The largest absolute Gasteiger partial charge is 0.485 e. The molecule has 2 aromatic rings. The lowest BCUT2D eigenvalue weighted by molar-refractivity contribution is -0.135. The number of amides is 2. The minimum atomic E-state index is -0.933. The summed E-state index contributed by atoms with van der Waals surface area (Å²) in [6.07, 6.45) is 0.480. The van der Waals surface area contributed by atoms with Crippen molar-refractivity contribution in [2.45, 2.75) is 6.10 Å². The Kier molecular flexibility index (Phi) is 5.72. The van der Waals surface area contributed by atoms with Crippen LogP contribution in [0.3, 0.4) is 0 Å². The summed E-state index contributed by atoms with van der Waals surface area (Å²) in [6.45, 7) is -0.623. The molecule has 0 saturated heterocycles. The minimum Gasteiger partial charge on any atom is -0.485 e. The van der Waals surface area contributed by atoms with Crippen molar-refractivity contribution in [1.29, 1.82) is 0 Å². The third-order valence-electron chi connectivity index (χ3n) is 3.44. The molecule has 0 unspecified atom stereocenters. The van der Waals surface area contributed by atoms with Crippen LogP contribution in [0.1, 0.15) is 10.4 Å². The van der Waals surface area contributed by atoms with Crippen molar-refractivity contribution in [1.82, 2.24) is 15.8 Å². The van der Waals surface area contributed by atoms with Crippen molar-refractivity contribution in [3.05, 3.63) is 53.3 Å². The Morgan fingerprint density at radius 1 is 1.15 bits per heavy atom. The first-order chi connectivity index (χ1) is 13.0. The van der Waals surface area contributed by atoms with Gasteiger partial charge in [0, 0.05) is 6.20 Å². The van der Waals surface area contributed by atoms with Gasteiger partial charge in [-0.25, -0.2) is 9.78 Å². The second kappa shape index (κ2) is 8.37. The van der Waals surface area contributed by atoms with Gasteiger partial charge >= 0.3 is 5.97 Å². The van der Waals surface area contributed by atoms with Crippen molar-refractivity contribution in [2.75, 3.05) is 13.2 Å². The van der Waals surface area contributed by atoms with E-state index in [0.29, 0.717) is 11.5 Å². The van der Waals surface area contributed by atoms with Crippen LogP contribution in [0.25, 0.3) is 0 Å². The average molecular weight is 392 g/mol. The number of benzene rings is 1. The first-order valence-corrected chi connectivity index (χ1v) is 8.17. The lowest BCUT2D eigenvalue weighted by Gasteiger charge is -2.25. The van der Waals surface area contributed by atoms with Gasteiger partial charge in [0.05, 0.1) is 5.56 Å². The number of nitrogens with zero attached hydrogens (tertiary/aromatic N) is 1. The van der Waals surface area contributed by atoms with E-state index in [4.69, 9.17) is 25.8 Å². The monoisotopic (exact) mass is 391 g/mol. The zero-order valence-electron chi connectivity index (χ0n) is 13.8. The second-order valence-corrected chi connectivity index (χ2v) is 5.68. The van der Waals surface area contributed by atoms with E-state index in [1.165, 1.54) is 18.3 Å². The van der Waals surface area contributed by atoms with E-state index in [0.717, 1.165) is 0 Å². The molecule has 0 bridgehead atoms. The molecule has 0 radical (unpaired) electrons. The SMILES string of the molecule is O=C(COC(=O)c1cccnc1Cl)NNC(=O)[C@H]1COc2ccccc2O1. The Bertz CT molecular complexity index is 875. The summed E-state index contributed by atoms with van der Waals surface area (Å²) >= 11 is 5.76. The zero-order valence-corrected chi connectivity index (χ0v) is 14.6. The fraction of sp³-hybridized carbons (Fsp3) is 0.176. The van der Waals surface area contributed by atoms with Gasteiger partial charge in [0.15, 0.2) is 18.1 Å². The topological polar surface area (TPSA) is 116 Å². The van der Waals surface area contributed by atoms with E-state index in [1.54, 1.807) is 24.3 Å². The molecule has 1 aromatic carbocycles. The number of aromatic nitrogens is 1. The summed E-state index contributed by atoms with van der Waals surface area (Å²) in [5, 5.41) is -0.0362. The van der Waals surface area contributed by atoms with E-state index >= 15 is 0 Å². The molecule has 0 aliphatic carbocycles. The van der Waals surface area contributed by atoms with Crippen LogP contribution >= 0.6 is 11.6 Å². The van der Waals surface area contributed by atoms with Crippen LogP contribution in [0.15, 0.2) is 42.6 Å². The summed E-state index contributed by atoms with van der Waals surface area (Å²) in [6, 6.07) is 9.82. The third-order valence-corrected chi connectivity index (χ3v) is 3.74. The van der Waals surface area contributed by atoms with Gasteiger partial charge in [-0.15, -0.1) is 0 Å². The molecule has 2 heterocycles. The molecule has 27 heavy (non-hydrogen) atoms. The summed E-state index contributed by atoms with van der Waals surface area (Å²) in [5.74, 6) is -1.20. The number of hydrogen-bond donors (Lipinski definition) is 2. The van der Waals surface area contributed by atoms with Crippen molar-refractivity contribution < 1.29 is 28.6 Å². The van der Waals surface area contributed by atoms with Crippen molar-refractivity contribution in [3.63, 3.8) is 0 Å². The lowest BCUT2D eigenvalue weighted by Crippen LogP contribution is -2.51. The second-order valence-electron chi connectivity index (χ2n) is 5.32. The number of fused-ring (bicyclic) bond motifs is 1. The number of para-hydroxylation sites is 2. The maximum Gasteiger partial charge on any atom is 0.341 e. The molecule has 2 amide bonds. The average Bonchev–Trinajstić information content (AvgIpc) is 2.70. The Balaban J connectivity index is 1.43. The van der Waals surface area contributed by atoms with Crippen LogP contribution in [-0.2, 0) is 14.3 Å². The van der Waals surface area contributed by atoms with Crippen molar-refractivity contribution >= 4 is 29.4 Å². The number of esters is 1. The molecule has 10 heteroatoms. The minimum absolute atomic E-state index is 0.00674. The molecule has 1 atom stereocenters. The maximum atomic E-state index is 12.1. The standard InChI is InChI=1S/C17H14ClN3O6/c18-15-10(4-3-7-19-15)17(24)26-9-14(22)20-21-16(23)13-8-25-11-5-1-2-6-12(11)27-13/h1-7,13H,8-9H2,(H,20,22)(H,21,23)/t13-/m1/s1. The van der Waals surface area contributed by atoms with Crippen molar-refractivity contribution in [2.24, 2.45) is 0 Å². The number of hydrogen-bond acceptors (Lipinski definition) is 7. The van der Waals surface area contributed by atoms with Crippen LogP contribution in [-0.4, -0.2) is 42.1 Å². The Labute approximate surface area is 158 Å². The fourth-order valence-corrected chi connectivity index (χ4v) is 2.34. The van der Waals surface area contributed by atoms with Gasteiger partial charge < -0.3 is 14.2 Å². The molecular formula is C17H14ClN3O6. The van der Waals surface area contributed by atoms with Crippen LogP contribution < -0.4 is 20.3 Å². The highest BCUT2D eigenvalue weighted by Gasteiger charge is 2.27. The highest BCUT2D eigenvalue weighted by molar-refractivity contribution is 6.32. The number of carbonyl (C=O) groups excluding carboxylic acids is 3. The smallest absolute Gasteiger partial charge is 0.341 e. The van der Waals surface area contributed by atoms with Crippen LogP contribution in [0.5, 0.6) is 11.5 Å². The summed E-state index contributed by atoms with van der Waals surface area (Å²) < 4.78 is 15.7. The number of carbonyl (C=O) groups is 3. The van der Waals surface area contributed by atoms with Gasteiger partial charge in [-0.05, 0) is 24.3 Å². The number of pyridine rings is 1. The van der Waals surface area contributed by atoms with Gasteiger partial charge in [0.2, 0.25) is 6.10 Å². The molecule has 1 aliphatic heterocycles. The van der Waals surface area contributed by atoms with Gasteiger partial charge in [-0.2, -0.15) is 0 Å². The lowest BCUT2D eigenvalue weighted by atomic mass is 10.2. The highest BCUT2D eigenvalue weighted by atomic mass is 35.5. The fourth-order valence-electron chi connectivity index (χ4n) is 2.14. The number of rotatable bonds is 4. The van der Waals surface area contributed by atoms with E-state index < -0.39 is 30.5 Å². The van der Waals surface area contributed by atoms with Gasteiger partial charge in [-0.3, -0.25) is 20.4 Å². The van der Waals surface area contributed by atoms with Gasteiger partial charge in [0.25, 0.3) is 11.8 Å². The quantitative estimate of drug-likeness (QED) is 0.451. The number of halogens is 1. The van der Waals surface area contributed by atoms with Crippen LogP contribution in [0, 0.1) is 0 Å². The predicted octanol–water partition coefficient (Wildman–Crippen LogP) is 0.879. The molecule has 140 valence electrons. The van der Waals surface area contributed by atoms with E-state index in [-0.39, 0.29) is 17.3 Å². The van der Waals surface area contributed by atoms with Gasteiger partial charge in [-0.1, -0.05) is 23.7 Å². The molecule has 1 aromatic heterocycles. The first-order valence-electron chi connectivity index (χ1n) is 7.79. The molecule has 0 saturated carbocycles. The Morgan fingerprint density at radius 3 is 2.70 bits per heavy atom. The summed E-state index contributed by atoms with van der Waals surface area (Å²) in [4.78, 5) is 39.3. The van der Waals surface area contributed by atoms with Gasteiger partial charge in [0.1, 0.15) is 11.8 Å². The number of ether oxygens (including phenoxy) is 3. The summed E-state index contributed by atoms with van der Waals surface area (Å²) in [7, 11) is 0. The third kappa shape index (κ3) is 4.64. The Hall–Kier alpha value is -3.33. The highest BCUT2D eigenvalue weighted by Crippen LogP contribution is 2.30. The van der Waals surface area contributed by atoms with Crippen molar-refractivity contribution in [3.8, 4) is 11.5 Å². The predicted molar refractivity (Wildman–Crippen MR) is 92.2 cm³/mol. The molecule has 3 rings (SSSR count). The zero-order chi connectivity index (χ0) is 19.2. The maximum absolute atomic E-state index is 12.1. The van der Waals surface area contributed by atoms with Crippen LogP contribution in [0.4, 0.5) is 0 Å². The van der Waals surface area contributed by atoms with E-state index in [1.807, 2.05) is 0 Å². The van der Waals surface area contributed by atoms with E-state index in [2.05, 4.69) is 15.8 Å². The Morgan fingerprint density at radius 2 is 1.93 bits per heavy atom. The molecular weight excluding hydrogens is 378 g/mol. The molecule has 1 aliphatic rings.